The Hall–Kier alpha value is -1.95. The van der Waals surface area contributed by atoms with Crippen LogP contribution in [-0.4, -0.2) is 34.0 Å². The lowest BCUT2D eigenvalue weighted by Crippen LogP contribution is -2.44. The van der Waals surface area contributed by atoms with Crippen molar-refractivity contribution in [2.75, 3.05) is 6.54 Å². The van der Waals surface area contributed by atoms with Gasteiger partial charge in [0.1, 0.15) is 11.4 Å². The zero-order chi connectivity index (χ0) is 15.0. The fourth-order valence-electron chi connectivity index (χ4n) is 3.18. The topological polar surface area (TPSA) is 69.6 Å². The van der Waals surface area contributed by atoms with Crippen molar-refractivity contribution < 1.29 is 19.1 Å². The molecule has 2 N–H and O–H groups in total. The second-order valence-electron chi connectivity index (χ2n) is 5.67. The average Bonchev–Trinajstić information content (AvgIpc) is 3.01. The minimum Gasteiger partial charge on any atom is -0.386 e. The van der Waals surface area contributed by atoms with Crippen molar-refractivity contribution in [1.29, 1.82) is 0 Å². The van der Waals surface area contributed by atoms with Gasteiger partial charge >= 0.3 is 6.03 Å². The molecule has 2 aliphatic rings. The smallest absolute Gasteiger partial charge is 0.325 e. The number of halogens is 1. The molecule has 6 heteroatoms. The fourth-order valence-corrected chi connectivity index (χ4v) is 3.18. The van der Waals surface area contributed by atoms with E-state index in [9.17, 15) is 19.1 Å². The molecular formula is C15H17FN2O3. The number of hydrogen-bond donors (Lipinski definition) is 2. The van der Waals surface area contributed by atoms with E-state index in [1.54, 1.807) is 6.07 Å². The lowest BCUT2D eigenvalue weighted by molar-refractivity contribution is -0.132. The van der Waals surface area contributed by atoms with Gasteiger partial charge in [-0.25, -0.2) is 9.18 Å². The number of hydrogen-bond acceptors (Lipinski definition) is 3. The Morgan fingerprint density at radius 3 is 2.62 bits per heavy atom. The fraction of sp³-hybridized carbons (Fsp3) is 0.467. The molecule has 1 aromatic rings. The van der Waals surface area contributed by atoms with E-state index < -0.39 is 23.5 Å². The van der Waals surface area contributed by atoms with Crippen LogP contribution in [0.5, 0.6) is 0 Å². The van der Waals surface area contributed by atoms with E-state index in [0.29, 0.717) is 12.8 Å². The predicted molar refractivity (Wildman–Crippen MR) is 72.8 cm³/mol. The molecule has 1 spiro atoms. The van der Waals surface area contributed by atoms with Crippen LogP contribution in [-0.2, 0) is 4.79 Å². The van der Waals surface area contributed by atoms with Gasteiger partial charge in [0.25, 0.3) is 5.91 Å². The SMILES string of the molecule is O=C1NC2(CCCC2)C(=O)N1C[C@H](O)c1ccccc1F. The summed E-state index contributed by atoms with van der Waals surface area (Å²) in [5.74, 6) is -0.854. The Morgan fingerprint density at radius 2 is 1.95 bits per heavy atom. The first-order valence-corrected chi connectivity index (χ1v) is 7.10. The molecule has 2 fully saturated rings. The maximum Gasteiger partial charge on any atom is 0.325 e. The van der Waals surface area contributed by atoms with Gasteiger partial charge in [0.05, 0.1) is 12.6 Å². The highest BCUT2D eigenvalue weighted by Gasteiger charge is 2.52. The molecule has 0 radical (unpaired) electrons. The highest BCUT2D eigenvalue weighted by Crippen LogP contribution is 2.35. The van der Waals surface area contributed by atoms with Gasteiger partial charge in [0.15, 0.2) is 0 Å². The van der Waals surface area contributed by atoms with E-state index in [1.165, 1.54) is 18.2 Å². The van der Waals surface area contributed by atoms with Crippen molar-refractivity contribution >= 4 is 11.9 Å². The van der Waals surface area contributed by atoms with Crippen LogP contribution in [0.4, 0.5) is 9.18 Å². The zero-order valence-electron chi connectivity index (χ0n) is 11.5. The Balaban J connectivity index is 1.77. The van der Waals surface area contributed by atoms with E-state index in [-0.39, 0.29) is 18.0 Å². The van der Waals surface area contributed by atoms with Crippen molar-refractivity contribution in [1.82, 2.24) is 10.2 Å². The van der Waals surface area contributed by atoms with E-state index in [4.69, 9.17) is 0 Å². The Bertz CT molecular complexity index is 584. The number of aliphatic hydroxyl groups excluding tert-OH is 1. The molecule has 21 heavy (non-hydrogen) atoms. The first kappa shape index (κ1) is 14.0. The molecule has 5 nitrogen and oxygen atoms in total. The second kappa shape index (κ2) is 5.11. The molecular weight excluding hydrogens is 275 g/mol. The lowest BCUT2D eigenvalue weighted by Gasteiger charge is -2.21. The summed E-state index contributed by atoms with van der Waals surface area (Å²) in [7, 11) is 0. The highest BCUT2D eigenvalue weighted by molar-refractivity contribution is 6.07. The standard InChI is InChI=1S/C15H17FN2O3/c16-11-6-2-1-5-10(11)12(19)9-18-13(20)15(17-14(18)21)7-3-4-8-15/h1-2,5-6,12,19H,3-4,7-9H2,(H,17,21)/t12-/m0/s1. The van der Waals surface area contributed by atoms with Crippen LogP contribution in [0.3, 0.4) is 0 Å². The molecule has 1 saturated heterocycles. The Labute approximate surface area is 121 Å². The molecule has 3 rings (SSSR count). The summed E-state index contributed by atoms with van der Waals surface area (Å²) in [5.41, 5.74) is -0.711. The predicted octanol–water partition coefficient (Wildman–Crippen LogP) is 1.72. The maximum atomic E-state index is 13.6. The molecule has 1 heterocycles. The number of nitrogens with zero attached hydrogens (tertiary/aromatic N) is 1. The Kier molecular flexibility index (Phi) is 3.41. The minimum absolute atomic E-state index is 0.0884. The quantitative estimate of drug-likeness (QED) is 0.833. The summed E-state index contributed by atoms with van der Waals surface area (Å²) >= 11 is 0. The molecule has 1 aliphatic carbocycles. The van der Waals surface area contributed by atoms with Gasteiger partial charge in [-0.3, -0.25) is 9.69 Å². The number of nitrogens with one attached hydrogen (secondary N) is 1. The van der Waals surface area contributed by atoms with Crippen molar-refractivity contribution in [2.45, 2.75) is 37.3 Å². The third-order valence-electron chi connectivity index (χ3n) is 4.32. The molecule has 0 bridgehead atoms. The van der Waals surface area contributed by atoms with Crippen molar-refractivity contribution in [3.8, 4) is 0 Å². The number of β-amino-alcohol motifs (C(OH)–C–C–N with tert-alkyl or cyclic N) is 1. The van der Waals surface area contributed by atoms with Gasteiger partial charge in [-0.1, -0.05) is 31.0 Å². The van der Waals surface area contributed by atoms with E-state index in [2.05, 4.69) is 5.32 Å². The van der Waals surface area contributed by atoms with E-state index in [0.717, 1.165) is 17.7 Å². The number of imide groups is 1. The summed E-state index contributed by atoms with van der Waals surface area (Å²) in [5, 5.41) is 12.8. The van der Waals surface area contributed by atoms with Gasteiger partial charge in [-0.15, -0.1) is 0 Å². The van der Waals surface area contributed by atoms with Gasteiger partial charge < -0.3 is 10.4 Å². The number of rotatable bonds is 3. The number of amides is 3. The van der Waals surface area contributed by atoms with E-state index in [1.807, 2.05) is 0 Å². The van der Waals surface area contributed by atoms with Gasteiger partial charge in [-0.05, 0) is 18.9 Å². The van der Waals surface area contributed by atoms with Crippen LogP contribution in [0.15, 0.2) is 24.3 Å². The van der Waals surface area contributed by atoms with Crippen molar-refractivity contribution in [2.24, 2.45) is 0 Å². The molecule has 0 unspecified atom stereocenters. The van der Waals surface area contributed by atoms with Crippen molar-refractivity contribution in [3.05, 3.63) is 35.6 Å². The van der Waals surface area contributed by atoms with Crippen LogP contribution in [0, 0.1) is 5.82 Å². The van der Waals surface area contributed by atoms with Gasteiger partial charge in [0.2, 0.25) is 0 Å². The van der Waals surface area contributed by atoms with Crippen LogP contribution >= 0.6 is 0 Å². The first-order chi connectivity index (χ1) is 10.0. The van der Waals surface area contributed by atoms with E-state index >= 15 is 0 Å². The summed E-state index contributed by atoms with van der Waals surface area (Å²) in [6.07, 6.45) is 1.83. The summed E-state index contributed by atoms with van der Waals surface area (Å²) in [6, 6.07) is 5.31. The average molecular weight is 292 g/mol. The second-order valence-corrected chi connectivity index (χ2v) is 5.67. The number of aliphatic hydroxyl groups is 1. The monoisotopic (exact) mass is 292 g/mol. The number of carbonyl (C=O) groups excluding carboxylic acids is 2. The minimum atomic E-state index is -1.22. The van der Waals surface area contributed by atoms with Crippen LogP contribution in [0.1, 0.15) is 37.4 Å². The highest BCUT2D eigenvalue weighted by atomic mass is 19.1. The van der Waals surface area contributed by atoms with Gasteiger partial charge in [0, 0.05) is 5.56 Å². The summed E-state index contributed by atoms with van der Waals surface area (Å²) < 4.78 is 13.6. The molecule has 112 valence electrons. The third-order valence-corrected chi connectivity index (χ3v) is 4.32. The summed E-state index contributed by atoms with van der Waals surface area (Å²) in [6.45, 7) is -0.229. The van der Waals surface area contributed by atoms with Crippen LogP contribution < -0.4 is 5.32 Å². The number of carbonyl (C=O) groups is 2. The van der Waals surface area contributed by atoms with Gasteiger partial charge in [-0.2, -0.15) is 0 Å². The molecule has 3 amide bonds. The largest absolute Gasteiger partial charge is 0.386 e. The maximum absolute atomic E-state index is 13.6. The molecule has 1 atom stereocenters. The molecule has 1 aromatic carbocycles. The zero-order valence-corrected chi connectivity index (χ0v) is 11.5. The number of benzene rings is 1. The molecule has 1 aliphatic heterocycles. The molecule has 1 saturated carbocycles. The third kappa shape index (κ3) is 2.29. The van der Waals surface area contributed by atoms with Crippen LogP contribution in [0.2, 0.25) is 0 Å². The van der Waals surface area contributed by atoms with Crippen molar-refractivity contribution in [3.63, 3.8) is 0 Å². The normalized spacial score (nSPS) is 21.9. The lowest BCUT2D eigenvalue weighted by atomic mass is 9.98. The Morgan fingerprint density at radius 1 is 1.29 bits per heavy atom. The summed E-state index contributed by atoms with van der Waals surface area (Å²) in [4.78, 5) is 25.4. The number of urea groups is 1. The first-order valence-electron chi connectivity index (χ1n) is 7.10. The molecule has 0 aromatic heterocycles. The van der Waals surface area contributed by atoms with Crippen LogP contribution in [0.25, 0.3) is 0 Å².